The maximum absolute atomic E-state index is 11.9. The number of methoxy groups -OCH3 is 3. The second kappa shape index (κ2) is 34.4. The molecule has 0 atom stereocenters. The van der Waals surface area contributed by atoms with E-state index < -0.39 is 0 Å². The second-order valence-electron chi connectivity index (χ2n) is 12.4. The van der Waals surface area contributed by atoms with Crippen LogP contribution in [0.3, 0.4) is 0 Å². The number of carbonyl (C=O) groups is 3. The number of ketones is 3. The van der Waals surface area contributed by atoms with Crippen molar-refractivity contribution in [3.63, 3.8) is 0 Å². The van der Waals surface area contributed by atoms with E-state index in [4.69, 9.17) is 30.4 Å². The van der Waals surface area contributed by atoms with Gasteiger partial charge < -0.3 is 46.4 Å². The minimum absolute atomic E-state index is 0. The fourth-order valence-electron chi connectivity index (χ4n) is 4.85. The number of hydrogen-bond acceptors (Lipinski definition) is 12. The van der Waals surface area contributed by atoms with E-state index in [0.29, 0.717) is 34.0 Å². The van der Waals surface area contributed by atoms with E-state index >= 15 is 0 Å². The monoisotopic (exact) mass is 1040 g/mol. The largest absolute Gasteiger partial charge is 3.00 e. The zero-order valence-corrected chi connectivity index (χ0v) is 41.5. The Morgan fingerprint density at radius 1 is 0.453 bits per heavy atom. The smallest absolute Gasteiger partial charge is 0.753 e. The van der Waals surface area contributed by atoms with Crippen LogP contribution < -0.4 is 16.0 Å². The molecule has 325 valence electrons. The van der Waals surface area contributed by atoms with E-state index in [9.17, 15) is 14.4 Å². The third-order valence-corrected chi connectivity index (χ3v) is 8.03. The molecule has 16 heteroatoms. The molecular formula is C48H45N6NdO6S3. The predicted molar refractivity (Wildman–Crippen MR) is 264 cm³/mol. The fraction of sp³-hybridized carbons (Fsp3) is 0.125. The summed E-state index contributed by atoms with van der Waals surface area (Å²) in [6.07, 6.45) is 20.7. The average molecular weight is 1040 g/mol. The molecule has 12 nitrogen and oxygen atoms in total. The summed E-state index contributed by atoms with van der Waals surface area (Å²) in [5.41, 5.74) is 8.18. The maximum atomic E-state index is 11.9. The first-order chi connectivity index (χ1) is 30.4. The molecule has 0 saturated carbocycles. The third-order valence-electron chi connectivity index (χ3n) is 8.03. The first-order valence-electron chi connectivity index (χ1n) is 18.4. The van der Waals surface area contributed by atoms with Crippen LogP contribution in [0.15, 0.2) is 180 Å². The normalized spacial score (nSPS) is 14.4. The van der Waals surface area contributed by atoms with Crippen LogP contribution >= 0.6 is 36.7 Å². The number of hydrogen-bond donors (Lipinski definition) is 3. The van der Waals surface area contributed by atoms with Crippen LogP contribution in [-0.2, 0) is 28.6 Å². The first-order valence-corrected chi connectivity index (χ1v) is 19.6. The average Bonchev–Trinajstić information content (AvgIpc) is 3.28. The van der Waals surface area contributed by atoms with Crippen molar-refractivity contribution in [3.8, 4) is 0 Å². The number of carbonyl (C=O) groups excluding carboxylic acids is 3. The van der Waals surface area contributed by atoms with Crippen LogP contribution in [0.5, 0.6) is 0 Å². The number of nitrogens with zero attached hydrogens (tertiary/aromatic N) is 3. The molecule has 3 aliphatic carbocycles. The molecule has 0 saturated heterocycles. The number of allylic oxidation sites excluding steroid dienone is 12. The number of isothiocyanates is 3. The molecule has 0 unspecified atom stereocenters. The molecule has 6 rings (SSSR count). The van der Waals surface area contributed by atoms with Crippen LogP contribution in [0.4, 0.5) is 17.1 Å². The van der Waals surface area contributed by atoms with Crippen molar-refractivity contribution < 1.29 is 69.4 Å². The molecule has 0 amide bonds. The molecule has 3 aromatic rings. The van der Waals surface area contributed by atoms with Gasteiger partial charge in [-0.1, -0.05) is 108 Å². The van der Waals surface area contributed by atoms with E-state index in [1.54, 1.807) is 73.3 Å². The quantitative estimate of drug-likeness (QED) is 0.105. The summed E-state index contributed by atoms with van der Waals surface area (Å²) < 4.78 is 15.0. The van der Waals surface area contributed by atoms with Crippen LogP contribution in [-0.4, -0.2) is 54.2 Å². The van der Waals surface area contributed by atoms with E-state index in [1.165, 1.54) is 53.5 Å². The molecule has 0 aliphatic heterocycles. The number of nitrogens with one attached hydrogen (secondary N) is 3. The Morgan fingerprint density at radius 3 is 0.844 bits per heavy atom. The summed E-state index contributed by atoms with van der Waals surface area (Å²) in [6.45, 7) is 6.10. The van der Waals surface area contributed by atoms with Gasteiger partial charge in [-0.05, 0) is 93.6 Å². The Labute approximate surface area is 423 Å². The second-order valence-corrected chi connectivity index (χ2v) is 12.9. The fourth-order valence-corrected chi connectivity index (χ4v) is 4.85. The van der Waals surface area contributed by atoms with Gasteiger partial charge in [-0.15, -0.1) is 0 Å². The molecule has 0 bridgehead atoms. The van der Waals surface area contributed by atoms with Gasteiger partial charge in [0.1, 0.15) is 0 Å². The van der Waals surface area contributed by atoms with Gasteiger partial charge in [0, 0.05) is 52.4 Å². The summed E-state index contributed by atoms with van der Waals surface area (Å²) in [5.74, 6) is 0.734. The van der Waals surface area contributed by atoms with Crippen LogP contribution in [0.25, 0.3) is 16.2 Å². The standard InChI is InChI=1S/3C15H15NO2.3CNS.Nd/c3*1-11-6-8-13(9-7-11)16-10-12-4-3-5-14(18-2)15(12)17;3*2-1-3;/h3*3-10,16H,1-2H3;;;;/q;;;3*-1;+3/b3*12-10-;;;;. The van der Waals surface area contributed by atoms with Crippen molar-refractivity contribution in [1.29, 1.82) is 0 Å². The molecule has 3 aliphatic rings. The molecule has 3 aromatic carbocycles. The molecular weight excluding hydrogens is 997 g/mol. The summed E-state index contributed by atoms with van der Waals surface area (Å²) in [7, 11) is 4.48. The van der Waals surface area contributed by atoms with E-state index in [1.807, 2.05) is 93.6 Å². The van der Waals surface area contributed by atoms with Crippen LogP contribution in [0, 0.1) is 61.6 Å². The zero-order chi connectivity index (χ0) is 47.0. The van der Waals surface area contributed by atoms with Crippen molar-refractivity contribution in [1.82, 2.24) is 0 Å². The molecule has 3 N–H and O–H groups in total. The summed E-state index contributed by atoms with van der Waals surface area (Å²) in [5, 5.41) is 34.7. The van der Waals surface area contributed by atoms with Crippen molar-refractivity contribution in [2.75, 3.05) is 37.3 Å². The van der Waals surface area contributed by atoms with Gasteiger partial charge in [0.15, 0.2) is 17.3 Å². The van der Waals surface area contributed by atoms with Crippen LogP contribution in [0.2, 0.25) is 0 Å². The van der Waals surface area contributed by atoms with Crippen molar-refractivity contribution in [2.45, 2.75) is 20.8 Å². The first kappa shape index (κ1) is 57.9. The van der Waals surface area contributed by atoms with Gasteiger partial charge in [-0.3, -0.25) is 14.4 Å². The van der Waals surface area contributed by atoms with Crippen molar-refractivity contribution in [2.24, 2.45) is 0 Å². The molecule has 0 spiro atoms. The third kappa shape index (κ3) is 22.3. The summed E-state index contributed by atoms with van der Waals surface area (Å²) in [4.78, 5) is 35.6. The zero-order valence-electron chi connectivity index (χ0n) is 35.9. The Kier molecular flexibility index (Phi) is 31.1. The molecule has 0 fully saturated rings. The number of anilines is 3. The van der Waals surface area contributed by atoms with Crippen LogP contribution in [0.1, 0.15) is 16.7 Å². The van der Waals surface area contributed by atoms with Crippen molar-refractivity contribution in [3.05, 3.63) is 213 Å². The Morgan fingerprint density at radius 2 is 0.656 bits per heavy atom. The number of thiocarbonyl (C=S) groups is 3. The minimum Gasteiger partial charge on any atom is -0.753 e. The van der Waals surface area contributed by atoms with Gasteiger partial charge in [-0.2, -0.15) is 15.5 Å². The molecule has 1 radical (unpaired) electrons. The number of Topliss-reactive ketones (excluding diaryl/α,β-unsaturated/α-hetero) is 3. The van der Waals surface area contributed by atoms with E-state index in [-0.39, 0.29) is 58.2 Å². The predicted octanol–water partition coefficient (Wildman–Crippen LogP) is 10.9. The number of aryl methyl sites for hydroxylation is 3. The Balaban J connectivity index is 0.000000843. The summed E-state index contributed by atoms with van der Waals surface area (Å²) >= 11 is 11.1. The molecule has 0 heterocycles. The van der Waals surface area contributed by atoms with E-state index in [0.717, 1.165) is 17.1 Å². The Bertz CT molecular complexity index is 2140. The Hall–Kier alpha value is -6.12. The van der Waals surface area contributed by atoms with E-state index in [2.05, 4.69) is 52.6 Å². The SMILES string of the molecule is COC1=CC=C/C(=C/Nc2ccc(C)cc2)C1=O.COC1=CC=C/C(=C/Nc2ccc(C)cc2)C1=O.COC1=CC=C/C(=C/Nc2ccc(C)cc2)C1=O.[N-]=C=S.[N-]=C=S.[N-]=C=S.[Nd+3]. The molecule has 64 heavy (non-hydrogen) atoms. The minimum atomic E-state index is -0.111. The van der Waals surface area contributed by atoms with Gasteiger partial charge in [0.2, 0.25) is 17.3 Å². The molecule has 0 aromatic heterocycles. The number of rotatable bonds is 9. The van der Waals surface area contributed by atoms with Crippen molar-refractivity contribution >= 4 is 86.5 Å². The van der Waals surface area contributed by atoms with Gasteiger partial charge in [0.25, 0.3) is 0 Å². The number of benzene rings is 3. The number of ether oxygens (including phenoxy) is 3. The van der Waals surface area contributed by atoms with Gasteiger partial charge in [0.05, 0.1) is 21.3 Å². The topological polar surface area (TPSA) is 182 Å². The van der Waals surface area contributed by atoms with Gasteiger partial charge >= 0.3 is 40.8 Å². The maximum Gasteiger partial charge on any atom is 3.00 e. The summed E-state index contributed by atoms with van der Waals surface area (Å²) in [6, 6.07) is 23.9. The van der Waals surface area contributed by atoms with Gasteiger partial charge in [-0.25, -0.2) is 0 Å².